The summed E-state index contributed by atoms with van der Waals surface area (Å²) in [7, 11) is 1.95. The minimum Gasteiger partial charge on any atom is -0.384 e. The molecule has 5 nitrogen and oxygen atoms in total. The van der Waals surface area contributed by atoms with Crippen LogP contribution in [-0.2, 0) is 7.05 Å². The summed E-state index contributed by atoms with van der Waals surface area (Å²) in [6.45, 7) is 1.92. The first-order chi connectivity index (χ1) is 10.1. The number of amidine groups is 1. The molecule has 1 heterocycles. The maximum absolute atomic E-state index is 7.69. The van der Waals surface area contributed by atoms with Crippen LogP contribution in [0.4, 0.5) is 0 Å². The molecule has 0 fully saturated rings. The fraction of sp³-hybridized carbons (Fsp3) is 0.133. The molecule has 106 valence electrons. The summed E-state index contributed by atoms with van der Waals surface area (Å²) in [6.07, 6.45) is 0. The van der Waals surface area contributed by atoms with Gasteiger partial charge in [0.2, 0.25) is 0 Å². The molecule has 3 aromatic rings. The molecule has 6 heteroatoms. The molecule has 0 saturated heterocycles. The minimum atomic E-state index is 0.0808. The van der Waals surface area contributed by atoms with Crippen molar-refractivity contribution >= 4 is 28.4 Å². The fourth-order valence-corrected chi connectivity index (χ4v) is 3.14. The quantitative estimate of drug-likeness (QED) is 0.575. The number of nitrogens with two attached hydrogens (primary N) is 1. The van der Waals surface area contributed by atoms with Crippen molar-refractivity contribution in [1.82, 2.24) is 14.8 Å². The molecule has 0 bridgehead atoms. The van der Waals surface area contributed by atoms with Gasteiger partial charge in [0.25, 0.3) is 0 Å². The van der Waals surface area contributed by atoms with E-state index in [9.17, 15) is 0 Å². The lowest BCUT2D eigenvalue weighted by Gasteiger charge is -2.09. The van der Waals surface area contributed by atoms with Crippen molar-refractivity contribution in [2.75, 3.05) is 0 Å². The van der Waals surface area contributed by atoms with Gasteiger partial charge in [-0.2, -0.15) is 0 Å². The predicted octanol–water partition coefficient (Wildman–Crippen LogP) is 2.71. The standard InChI is InChI=1S/C15H15N5S/c1-9-18-19-15(20(9)2)21-13-8-7-12(14(16)17)10-5-3-4-6-11(10)13/h3-8H,1-2H3,(H3,16,17). The van der Waals surface area contributed by atoms with Crippen molar-refractivity contribution in [3.63, 3.8) is 0 Å². The van der Waals surface area contributed by atoms with E-state index < -0.39 is 0 Å². The Bertz CT molecular complexity index is 837. The molecule has 0 atom stereocenters. The Morgan fingerprint density at radius 2 is 1.86 bits per heavy atom. The molecule has 0 unspecified atom stereocenters. The number of aromatic nitrogens is 3. The van der Waals surface area contributed by atoms with Crippen LogP contribution < -0.4 is 5.73 Å². The summed E-state index contributed by atoms with van der Waals surface area (Å²) in [5.41, 5.74) is 6.41. The van der Waals surface area contributed by atoms with Gasteiger partial charge in [-0.3, -0.25) is 5.41 Å². The van der Waals surface area contributed by atoms with Crippen LogP contribution in [0.15, 0.2) is 46.5 Å². The zero-order valence-corrected chi connectivity index (χ0v) is 12.6. The van der Waals surface area contributed by atoms with Gasteiger partial charge in [0.05, 0.1) is 0 Å². The third-order valence-electron chi connectivity index (χ3n) is 3.43. The van der Waals surface area contributed by atoms with Crippen LogP contribution >= 0.6 is 11.8 Å². The van der Waals surface area contributed by atoms with E-state index in [-0.39, 0.29) is 5.84 Å². The molecular weight excluding hydrogens is 282 g/mol. The number of nitrogens with zero attached hydrogens (tertiary/aromatic N) is 3. The highest BCUT2D eigenvalue weighted by Gasteiger charge is 2.12. The van der Waals surface area contributed by atoms with Crippen LogP contribution in [0.3, 0.4) is 0 Å². The Kier molecular flexibility index (Phi) is 3.39. The number of nitrogens with one attached hydrogen (secondary N) is 1. The third kappa shape index (κ3) is 2.38. The molecule has 0 aliphatic rings. The summed E-state index contributed by atoms with van der Waals surface area (Å²) in [5, 5.41) is 18.8. The van der Waals surface area contributed by atoms with Gasteiger partial charge in [-0.25, -0.2) is 0 Å². The molecule has 0 amide bonds. The number of aryl methyl sites for hydroxylation is 1. The summed E-state index contributed by atoms with van der Waals surface area (Å²) < 4.78 is 1.96. The van der Waals surface area contributed by atoms with Gasteiger partial charge in [-0.15, -0.1) is 10.2 Å². The Balaban J connectivity index is 2.14. The summed E-state index contributed by atoms with van der Waals surface area (Å²) in [4.78, 5) is 1.08. The van der Waals surface area contributed by atoms with Gasteiger partial charge in [-0.05, 0) is 41.6 Å². The van der Waals surface area contributed by atoms with Gasteiger partial charge in [0.15, 0.2) is 5.16 Å². The number of benzene rings is 2. The van der Waals surface area contributed by atoms with E-state index in [1.807, 2.05) is 54.9 Å². The molecule has 1 aromatic heterocycles. The number of fused-ring (bicyclic) bond motifs is 1. The largest absolute Gasteiger partial charge is 0.384 e. The maximum atomic E-state index is 7.69. The number of hydrogen-bond acceptors (Lipinski definition) is 4. The third-order valence-corrected chi connectivity index (χ3v) is 4.54. The second kappa shape index (κ2) is 5.21. The van der Waals surface area contributed by atoms with Crippen molar-refractivity contribution in [3.8, 4) is 0 Å². The lowest BCUT2D eigenvalue weighted by atomic mass is 10.0. The van der Waals surface area contributed by atoms with Crippen LogP contribution in [-0.4, -0.2) is 20.6 Å². The number of rotatable bonds is 3. The van der Waals surface area contributed by atoms with Crippen LogP contribution in [0, 0.1) is 12.3 Å². The molecule has 0 aliphatic heterocycles. The second-order valence-electron chi connectivity index (χ2n) is 4.76. The lowest BCUT2D eigenvalue weighted by molar-refractivity contribution is 0.766. The lowest BCUT2D eigenvalue weighted by Crippen LogP contribution is -2.11. The van der Waals surface area contributed by atoms with Crippen molar-refractivity contribution in [3.05, 3.63) is 47.8 Å². The minimum absolute atomic E-state index is 0.0808. The van der Waals surface area contributed by atoms with Crippen LogP contribution in [0.1, 0.15) is 11.4 Å². The monoisotopic (exact) mass is 297 g/mol. The van der Waals surface area contributed by atoms with Gasteiger partial charge >= 0.3 is 0 Å². The average molecular weight is 297 g/mol. The van der Waals surface area contributed by atoms with Crippen molar-refractivity contribution in [2.24, 2.45) is 12.8 Å². The summed E-state index contributed by atoms with van der Waals surface area (Å²) in [6, 6.07) is 11.8. The SMILES string of the molecule is Cc1nnc(Sc2ccc(C(=N)N)c3ccccc23)n1C. The van der Waals surface area contributed by atoms with E-state index in [1.165, 1.54) is 0 Å². The van der Waals surface area contributed by atoms with Crippen molar-refractivity contribution in [2.45, 2.75) is 17.0 Å². The van der Waals surface area contributed by atoms with Crippen molar-refractivity contribution in [1.29, 1.82) is 5.41 Å². The molecule has 0 aliphatic carbocycles. The topological polar surface area (TPSA) is 80.6 Å². The molecule has 21 heavy (non-hydrogen) atoms. The zero-order valence-electron chi connectivity index (χ0n) is 11.8. The van der Waals surface area contributed by atoms with E-state index in [1.54, 1.807) is 11.8 Å². The second-order valence-corrected chi connectivity index (χ2v) is 5.77. The Morgan fingerprint density at radius 1 is 1.14 bits per heavy atom. The average Bonchev–Trinajstić information content (AvgIpc) is 2.79. The molecule has 3 rings (SSSR count). The first-order valence-corrected chi connectivity index (χ1v) is 7.29. The molecule has 0 spiro atoms. The Labute approximate surface area is 126 Å². The molecular formula is C15H15N5S. The van der Waals surface area contributed by atoms with Gasteiger partial charge < -0.3 is 10.3 Å². The van der Waals surface area contributed by atoms with E-state index in [4.69, 9.17) is 11.1 Å². The van der Waals surface area contributed by atoms with Gasteiger partial charge in [-0.1, -0.05) is 24.3 Å². The van der Waals surface area contributed by atoms with Crippen LogP contribution in [0.25, 0.3) is 10.8 Å². The highest BCUT2D eigenvalue weighted by Crippen LogP contribution is 2.33. The van der Waals surface area contributed by atoms with E-state index >= 15 is 0 Å². The fourth-order valence-electron chi connectivity index (χ4n) is 2.17. The molecule has 2 aromatic carbocycles. The predicted molar refractivity (Wildman–Crippen MR) is 84.8 cm³/mol. The van der Waals surface area contributed by atoms with E-state index in [2.05, 4.69) is 10.2 Å². The Morgan fingerprint density at radius 3 is 2.48 bits per heavy atom. The van der Waals surface area contributed by atoms with E-state index in [0.29, 0.717) is 0 Å². The van der Waals surface area contributed by atoms with Gasteiger partial charge in [0, 0.05) is 17.5 Å². The first kappa shape index (κ1) is 13.6. The first-order valence-electron chi connectivity index (χ1n) is 6.48. The summed E-state index contributed by atoms with van der Waals surface area (Å²) >= 11 is 1.56. The molecule has 0 radical (unpaired) electrons. The highest BCUT2D eigenvalue weighted by atomic mass is 32.2. The number of hydrogen-bond donors (Lipinski definition) is 2. The van der Waals surface area contributed by atoms with E-state index in [0.717, 1.165) is 32.2 Å². The molecule has 3 N–H and O–H groups in total. The van der Waals surface area contributed by atoms with Crippen molar-refractivity contribution < 1.29 is 0 Å². The normalized spacial score (nSPS) is 11.0. The molecule has 0 saturated carbocycles. The highest BCUT2D eigenvalue weighted by molar-refractivity contribution is 7.99. The summed E-state index contributed by atoms with van der Waals surface area (Å²) in [5.74, 6) is 0.958. The maximum Gasteiger partial charge on any atom is 0.195 e. The van der Waals surface area contributed by atoms with Crippen LogP contribution in [0.2, 0.25) is 0 Å². The number of nitrogen functional groups attached to an aromatic ring is 1. The zero-order chi connectivity index (χ0) is 15.0. The van der Waals surface area contributed by atoms with Gasteiger partial charge in [0.1, 0.15) is 11.7 Å². The Hall–Kier alpha value is -2.34. The van der Waals surface area contributed by atoms with Crippen LogP contribution in [0.5, 0.6) is 0 Å². The smallest absolute Gasteiger partial charge is 0.195 e.